The first-order chi connectivity index (χ1) is 13.7. The van der Waals surface area contributed by atoms with Crippen molar-refractivity contribution in [2.24, 2.45) is 5.92 Å². The maximum Gasteiger partial charge on any atom is 0.229 e. The molecule has 28 heavy (non-hydrogen) atoms. The highest BCUT2D eigenvalue weighted by Gasteiger charge is 2.38. The molecular weight excluding hydrogens is 372 g/mol. The molecule has 1 fully saturated rings. The van der Waals surface area contributed by atoms with Gasteiger partial charge in [-0.3, -0.25) is 4.79 Å². The minimum Gasteiger partial charge on any atom is -0.354 e. The van der Waals surface area contributed by atoms with Gasteiger partial charge in [0.2, 0.25) is 5.91 Å². The molecule has 0 spiro atoms. The monoisotopic (exact) mass is 398 g/mol. The van der Waals surface area contributed by atoms with Crippen molar-refractivity contribution in [3.05, 3.63) is 35.0 Å². The van der Waals surface area contributed by atoms with Gasteiger partial charge in [-0.1, -0.05) is 6.08 Å². The van der Waals surface area contributed by atoms with Crippen LogP contribution in [0.1, 0.15) is 17.7 Å². The second-order valence-corrected chi connectivity index (χ2v) is 9.11. The molecule has 1 amide bonds. The molecule has 2 aromatic rings. The lowest BCUT2D eigenvalue weighted by Gasteiger charge is -2.42. The first-order valence-electron chi connectivity index (χ1n) is 10.1. The highest BCUT2D eigenvalue weighted by Crippen LogP contribution is 2.32. The fourth-order valence-corrected chi connectivity index (χ4v) is 5.38. The molecule has 148 valence electrons. The zero-order valence-corrected chi connectivity index (χ0v) is 17.0. The van der Waals surface area contributed by atoms with E-state index in [1.54, 1.807) is 0 Å². The van der Waals surface area contributed by atoms with Crippen molar-refractivity contribution in [1.29, 1.82) is 0 Å². The second kappa shape index (κ2) is 7.40. The predicted octanol–water partition coefficient (Wildman–Crippen LogP) is 1.33. The van der Waals surface area contributed by atoms with Crippen LogP contribution in [0.3, 0.4) is 0 Å². The van der Waals surface area contributed by atoms with Gasteiger partial charge in [-0.05, 0) is 24.8 Å². The Kier molecular flexibility index (Phi) is 4.76. The largest absolute Gasteiger partial charge is 0.354 e. The summed E-state index contributed by atoms with van der Waals surface area (Å²) in [5, 5.41) is 10.6. The molecule has 0 aromatic carbocycles. The fourth-order valence-electron chi connectivity index (χ4n) is 4.40. The third kappa shape index (κ3) is 3.18. The van der Waals surface area contributed by atoms with Gasteiger partial charge in [0.1, 0.15) is 5.82 Å². The Morgan fingerprint density at radius 3 is 3.04 bits per heavy atom. The molecule has 5 heterocycles. The summed E-state index contributed by atoms with van der Waals surface area (Å²) in [6.07, 6.45) is 6.96. The SMILES string of the molecule is CN(CC1CC=CS1)C(=O)C1CN(c2c3c(nc4ccnn24)CCNCC3)C1. The van der Waals surface area contributed by atoms with Crippen LogP contribution in [0.5, 0.6) is 0 Å². The van der Waals surface area contributed by atoms with Crippen LogP contribution in [0.25, 0.3) is 5.65 Å². The van der Waals surface area contributed by atoms with Gasteiger partial charge in [-0.15, -0.1) is 11.8 Å². The smallest absolute Gasteiger partial charge is 0.229 e. The van der Waals surface area contributed by atoms with Crippen LogP contribution in [0, 0.1) is 5.92 Å². The molecular formula is C20H26N6OS. The highest BCUT2D eigenvalue weighted by atomic mass is 32.2. The van der Waals surface area contributed by atoms with Crippen LogP contribution in [0.2, 0.25) is 0 Å². The van der Waals surface area contributed by atoms with E-state index in [9.17, 15) is 4.79 Å². The molecule has 0 aliphatic carbocycles. The number of fused-ring (bicyclic) bond motifs is 2. The van der Waals surface area contributed by atoms with Crippen LogP contribution < -0.4 is 10.2 Å². The van der Waals surface area contributed by atoms with Crippen molar-refractivity contribution in [1.82, 2.24) is 24.8 Å². The Morgan fingerprint density at radius 1 is 1.36 bits per heavy atom. The third-order valence-corrected chi connectivity index (χ3v) is 7.01. The van der Waals surface area contributed by atoms with E-state index in [4.69, 9.17) is 4.98 Å². The number of carbonyl (C=O) groups excluding carboxylic acids is 1. The summed E-state index contributed by atoms with van der Waals surface area (Å²) in [7, 11) is 1.94. The summed E-state index contributed by atoms with van der Waals surface area (Å²) in [5.41, 5.74) is 3.35. The van der Waals surface area contributed by atoms with Crippen molar-refractivity contribution in [2.45, 2.75) is 24.5 Å². The minimum atomic E-state index is 0.0719. The number of carbonyl (C=O) groups is 1. The molecule has 2 aromatic heterocycles. The molecule has 5 rings (SSSR count). The summed E-state index contributed by atoms with van der Waals surface area (Å²) in [6.45, 7) is 4.27. The molecule has 0 radical (unpaired) electrons. The molecule has 1 saturated heterocycles. The molecule has 0 bridgehead atoms. The molecule has 8 heteroatoms. The highest BCUT2D eigenvalue weighted by molar-refractivity contribution is 8.03. The van der Waals surface area contributed by atoms with E-state index >= 15 is 0 Å². The Labute approximate surface area is 169 Å². The number of nitrogens with zero attached hydrogens (tertiary/aromatic N) is 5. The number of anilines is 1. The first-order valence-corrected chi connectivity index (χ1v) is 11.0. The van der Waals surface area contributed by atoms with Crippen LogP contribution in [0.4, 0.5) is 5.82 Å². The van der Waals surface area contributed by atoms with Crippen molar-refractivity contribution >= 4 is 29.1 Å². The number of hydrogen-bond acceptors (Lipinski definition) is 6. The normalized spacial score (nSPS) is 22.2. The summed E-state index contributed by atoms with van der Waals surface area (Å²) >= 11 is 1.83. The van der Waals surface area contributed by atoms with Crippen LogP contribution in [0.15, 0.2) is 23.7 Å². The van der Waals surface area contributed by atoms with Crippen LogP contribution >= 0.6 is 11.8 Å². The number of aromatic nitrogens is 3. The molecule has 0 saturated carbocycles. The summed E-state index contributed by atoms with van der Waals surface area (Å²) in [5.74, 6) is 1.47. The summed E-state index contributed by atoms with van der Waals surface area (Å²) in [4.78, 5) is 21.9. The zero-order chi connectivity index (χ0) is 19.1. The predicted molar refractivity (Wildman–Crippen MR) is 112 cm³/mol. The minimum absolute atomic E-state index is 0.0719. The van der Waals surface area contributed by atoms with Gasteiger partial charge in [0.15, 0.2) is 5.65 Å². The van der Waals surface area contributed by atoms with Crippen molar-refractivity contribution < 1.29 is 4.79 Å². The van der Waals surface area contributed by atoms with Crippen molar-refractivity contribution in [2.75, 3.05) is 44.7 Å². The van der Waals surface area contributed by atoms with Gasteiger partial charge in [-0.25, -0.2) is 4.98 Å². The lowest BCUT2D eigenvalue weighted by molar-refractivity contribution is -0.135. The lowest BCUT2D eigenvalue weighted by Crippen LogP contribution is -2.55. The first kappa shape index (κ1) is 18.0. The van der Waals surface area contributed by atoms with Gasteiger partial charge >= 0.3 is 0 Å². The van der Waals surface area contributed by atoms with E-state index in [2.05, 4.69) is 26.8 Å². The van der Waals surface area contributed by atoms with E-state index in [1.165, 1.54) is 11.3 Å². The Hall–Kier alpha value is -2.06. The van der Waals surface area contributed by atoms with E-state index < -0.39 is 0 Å². The lowest BCUT2D eigenvalue weighted by atomic mass is 9.96. The molecule has 3 aliphatic heterocycles. The van der Waals surface area contributed by atoms with Crippen LogP contribution in [-0.2, 0) is 17.6 Å². The van der Waals surface area contributed by atoms with Gasteiger partial charge < -0.3 is 15.1 Å². The van der Waals surface area contributed by atoms with Gasteiger partial charge in [-0.2, -0.15) is 9.61 Å². The second-order valence-electron chi connectivity index (χ2n) is 7.90. The average molecular weight is 399 g/mol. The summed E-state index contributed by atoms with van der Waals surface area (Å²) < 4.78 is 1.95. The van der Waals surface area contributed by atoms with E-state index in [0.717, 1.165) is 63.5 Å². The molecule has 1 unspecified atom stereocenters. The quantitative estimate of drug-likeness (QED) is 0.838. The molecule has 7 nitrogen and oxygen atoms in total. The molecule has 1 N–H and O–H groups in total. The third-order valence-electron chi connectivity index (χ3n) is 5.93. The van der Waals surface area contributed by atoms with Crippen molar-refractivity contribution in [3.8, 4) is 0 Å². The van der Waals surface area contributed by atoms with Crippen LogP contribution in [-0.4, -0.2) is 70.4 Å². The number of amides is 1. The van der Waals surface area contributed by atoms with Gasteiger partial charge in [0.25, 0.3) is 0 Å². The summed E-state index contributed by atoms with van der Waals surface area (Å²) in [6, 6.07) is 1.96. The van der Waals surface area contributed by atoms with E-state index in [0.29, 0.717) is 5.25 Å². The fraction of sp³-hybridized carbons (Fsp3) is 0.550. The van der Waals surface area contributed by atoms with E-state index in [-0.39, 0.29) is 11.8 Å². The maximum absolute atomic E-state index is 12.9. The Bertz CT molecular complexity index is 911. The number of hydrogen-bond donors (Lipinski definition) is 1. The van der Waals surface area contributed by atoms with Crippen molar-refractivity contribution in [3.63, 3.8) is 0 Å². The molecule has 1 atom stereocenters. The average Bonchev–Trinajstić information content (AvgIpc) is 3.27. The number of allylic oxidation sites excluding steroid dienone is 1. The zero-order valence-electron chi connectivity index (χ0n) is 16.2. The van der Waals surface area contributed by atoms with Gasteiger partial charge in [0.05, 0.1) is 17.8 Å². The standard InChI is InChI=1S/C20H26N6OS/c1-24(13-15-3-2-10-28-15)20(27)14-11-25(12-14)19-16-4-7-21-8-5-17(16)23-18-6-9-22-26(18)19/h2,6,9-10,14-15,21H,3-5,7-8,11-13H2,1H3. The van der Waals surface area contributed by atoms with E-state index in [1.807, 2.05) is 40.5 Å². The number of nitrogens with one attached hydrogen (secondary N) is 1. The topological polar surface area (TPSA) is 65.8 Å². The van der Waals surface area contributed by atoms with Gasteiger partial charge in [0, 0.05) is 56.5 Å². The Morgan fingerprint density at radius 2 is 2.21 bits per heavy atom. The maximum atomic E-state index is 12.9. The number of thioether (sulfide) groups is 1. The molecule has 3 aliphatic rings. The number of rotatable bonds is 4. The Balaban J connectivity index is 1.33.